The second-order valence-electron chi connectivity index (χ2n) is 8.94. The third kappa shape index (κ3) is 2.87. The van der Waals surface area contributed by atoms with E-state index in [4.69, 9.17) is 10.7 Å². The third-order valence-corrected chi connectivity index (χ3v) is 6.50. The van der Waals surface area contributed by atoms with Crippen LogP contribution in [0.25, 0.3) is 11.0 Å². The summed E-state index contributed by atoms with van der Waals surface area (Å²) in [6.45, 7) is 4.96. The molecule has 1 aliphatic heterocycles. The molecule has 0 radical (unpaired) electrons. The van der Waals surface area contributed by atoms with Gasteiger partial charge in [0.05, 0.1) is 22.5 Å². The number of benzene rings is 2. The fraction of sp³-hybridized carbons (Fsp3) is 0.417. The first-order valence-corrected chi connectivity index (χ1v) is 10.7. The number of aromatic nitrogens is 2. The maximum Gasteiger partial charge on any atom is 0.238 e. The summed E-state index contributed by atoms with van der Waals surface area (Å²) in [7, 11) is 0. The van der Waals surface area contributed by atoms with Gasteiger partial charge in [0, 0.05) is 12.2 Å². The van der Waals surface area contributed by atoms with Crippen molar-refractivity contribution >= 4 is 22.6 Å². The van der Waals surface area contributed by atoms with Crippen molar-refractivity contribution in [1.82, 2.24) is 9.97 Å². The van der Waals surface area contributed by atoms with Crippen LogP contribution in [0.3, 0.4) is 0 Å². The molecule has 5 heteroatoms. The van der Waals surface area contributed by atoms with Crippen molar-refractivity contribution in [1.29, 1.82) is 0 Å². The Hall–Kier alpha value is -2.66. The van der Waals surface area contributed by atoms with Crippen LogP contribution < -0.4 is 10.6 Å². The number of H-pyrrole nitrogens is 1. The van der Waals surface area contributed by atoms with Gasteiger partial charge < -0.3 is 15.6 Å². The Balaban J connectivity index is 1.60. The Morgan fingerprint density at radius 2 is 1.97 bits per heavy atom. The molecular formula is C24H28N4O. The summed E-state index contributed by atoms with van der Waals surface area (Å²) >= 11 is 0. The van der Waals surface area contributed by atoms with E-state index in [0.717, 1.165) is 53.8 Å². The maximum absolute atomic E-state index is 13.6. The number of anilines is 1. The monoisotopic (exact) mass is 388 g/mol. The molecule has 1 spiro atoms. The molecule has 1 amide bonds. The summed E-state index contributed by atoms with van der Waals surface area (Å²) < 4.78 is 0. The van der Waals surface area contributed by atoms with Gasteiger partial charge in [-0.15, -0.1) is 0 Å². The van der Waals surface area contributed by atoms with Crippen LogP contribution in [-0.4, -0.2) is 15.9 Å². The number of carbonyl (C=O) groups excluding carboxylic acids is 1. The van der Waals surface area contributed by atoms with Gasteiger partial charge in [0.25, 0.3) is 0 Å². The summed E-state index contributed by atoms with van der Waals surface area (Å²) in [5.41, 5.74) is 10.8. The van der Waals surface area contributed by atoms with Gasteiger partial charge in [0.15, 0.2) is 0 Å². The maximum atomic E-state index is 13.6. The van der Waals surface area contributed by atoms with E-state index in [1.54, 1.807) is 0 Å². The summed E-state index contributed by atoms with van der Waals surface area (Å²) in [5.74, 6) is 1.68. The zero-order valence-corrected chi connectivity index (χ0v) is 17.1. The average Bonchev–Trinajstić information content (AvgIpc) is 3.36. The Morgan fingerprint density at radius 3 is 2.69 bits per heavy atom. The van der Waals surface area contributed by atoms with Gasteiger partial charge in [0.2, 0.25) is 5.91 Å². The lowest BCUT2D eigenvalue weighted by Gasteiger charge is -2.28. The number of nitrogens with one attached hydrogen (secondary N) is 1. The lowest BCUT2D eigenvalue weighted by Crippen LogP contribution is -2.36. The van der Waals surface area contributed by atoms with Crippen molar-refractivity contribution in [2.75, 3.05) is 4.90 Å². The smallest absolute Gasteiger partial charge is 0.238 e. The molecule has 3 N–H and O–H groups in total. The van der Waals surface area contributed by atoms with Gasteiger partial charge in [-0.05, 0) is 60.9 Å². The highest BCUT2D eigenvalue weighted by atomic mass is 16.2. The molecule has 2 heterocycles. The van der Waals surface area contributed by atoms with Gasteiger partial charge in [-0.25, -0.2) is 4.98 Å². The van der Waals surface area contributed by atoms with Crippen LogP contribution in [0.2, 0.25) is 0 Å². The second kappa shape index (κ2) is 6.70. The zero-order valence-electron chi connectivity index (χ0n) is 17.1. The number of carbonyl (C=O) groups is 1. The average molecular weight is 389 g/mol. The molecule has 1 fully saturated rings. The van der Waals surface area contributed by atoms with Crippen LogP contribution in [0.15, 0.2) is 42.5 Å². The van der Waals surface area contributed by atoms with E-state index in [-0.39, 0.29) is 17.4 Å². The molecule has 150 valence electrons. The fourth-order valence-electron chi connectivity index (χ4n) is 4.70. The van der Waals surface area contributed by atoms with E-state index in [1.165, 1.54) is 5.56 Å². The highest BCUT2D eigenvalue weighted by molar-refractivity contribution is 6.10. The number of hydrogen-bond donors (Lipinski definition) is 2. The van der Waals surface area contributed by atoms with Crippen LogP contribution in [0.1, 0.15) is 62.5 Å². The van der Waals surface area contributed by atoms with E-state index < -0.39 is 0 Å². The highest BCUT2D eigenvalue weighted by Gasteiger charge is 2.60. The third-order valence-electron chi connectivity index (χ3n) is 6.50. The van der Waals surface area contributed by atoms with Gasteiger partial charge in [0.1, 0.15) is 5.82 Å². The predicted molar refractivity (Wildman–Crippen MR) is 116 cm³/mol. The summed E-state index contributed by atoms with van der Waals surface area (Å²) in [6.07, 6.45) is 3.83. The van der Waals surface area contributed by atoms with Crippen LogP contribution in [0.5, 0.6) is 0 Å². The molecule has 2 aromatic carbocycles. The number of hydrogen-bond acceptors (Lipinski definition) is 3. The van der Waals surface area contributed by atoms with E-state index in [1.807, 2.05) is 29.2 Å². The minimum absolute atomic E-state index is 0.0836. The number of fused-ring (bicyclic) bond motifs is 3. The Kier molecular flexibility index (Phi) is 4.24. The Bertz CT molecular complexity index is 1080. The van der Waals surface area contributed by atoms with Gasteiger partial charge in [-0.2, -0.15) is 0 Å². The topological polar surface area (TPSA) is 75.0 Å². The van der Waals surface area contributed by atoms with Crippen molar-refractivity contribution in [2.45, 2.75) is 57.5 Å². The van der Waals surface area contributed by atoms with Crippen molar-refractivity contribution in [3.8, 4) is 0 Å². The number of para-hydroxylation sites is 1. The first-order valence-electron chi connectivity index (χ1n) is 10.7. The molecule has 1 atom stereocenters. The van der Waals surface area contributed by atoms with Crippen molar-refractivity contribution in [3.05, 3.63) is 59.4 Å². The number of rotatable bonds is 6. The largest absolute Gasteiger partial charge is 0.340 e. The number of amides is 1. The molecule has 0 saturated heterocycles. The Morgan fingerprint density at radius 1 is 1.17 bits per heavy atom. The molecular weight excluding hydrogens is 360 g/mol. The van der Waals surface area contributed by atoms with Gasteiger partial charge >= 0.3 is 0 Å². The SMILES string of the molecule is CC(C)CCC(c1nc2ccc(CN)cc2[nH]1)N1C(=O)C2(CC2)c2ccccc21. The molecule has 3 aromatic rings. The van der Waals surface area contributed by atoms with Crippen LogP contribution >= 0.6 is 0 Å². The van der Waals surface area contributed by atoms with Gasteiger partial charge in [-0.3, -0.25) is 4.79 Å². The minimum Gasteiger partial charge on any atom is -0.340 e. The predicted octanol–water partition coefficient (Wildman–Crippen LogP) is 4.58. The highest BCUT2D eigenvalue weighted by Crippen LogP contribution is 2.59. The fourth-order valence-corrected chi connectivity index (χ4v) is 4.70. The first kappa shape index (κ1) is 18.4. The summed E-state index contributed by atoms with van der Waals surface area (Å²) in [5, 5.41) is 0. The van der Waals surface area contributed by atoms with Crippen LogP contribution in [0, 0.1) is 5.92 Å². The molecule has 1 saturated carbocycles. The summed E-state index contributed by atoms with van der Waals surface area (Å²) in [4.78, 5) is 24.0. The molecule has 2 aliphatic rings. The lowest BCUT2D eigenvalue weighted by molar-refractivity contribution is -0.120. The molecule has 1 unspecified atom stereocenters. The van der Waals surface area contributed by atoms with Crippen molar-refractivity contribution in [3.63, 3.8) is 0 Å². The first-order chi connectivity index (χ1) is 14.0. The standard InChI is InChI=1S/C24H28N4O/c1-15(2)7-10-21(22-26-18-9-8-16(14-25)13-19(18)27-22)28-20-6-4-3-5-17(20)24(11-12-24)23(28)29/h3-6,8-9,13,15,21H,7,10-12,14,25H2,1-2H3,(H,26,27). The summed E-state index contributed by atoms with van der Waals surface area (Å²) in [6, 6.07) is 14.3. The number of aromatic amines is 1. The van der Waals surface area contributed by atoms with Crippen molar-refractivity contribution < 1.29 is 4.79 Å². The number of nitrogens with two attached hydrogens (primary N) is 1. The number of imidazole rings is 1. The van der Waals surface area contributed by atoms with Crippen LogP contribution in [-0.2, 0) is 16.8 Å². The molecule has 0 bridgehead atoms. The van der Waals surface area contributed by atoms with E-state index in [0.29, 0.717) is 12.5 Å². The normalized spacial score (nSPS) is 18.1. The van der Waals surface area contributed by atoms with E-state index in [2.05, 4.69) is 37.0 Å². The quantitative estimate of drug-likeness (QED) is 0.649. The molecule has 1 aliphatic carbocycles. The molecule has 5 nitrogen and oxygen atoms in total. The lowest BCUT2D eigenvalue weighted by atomic mass is 9.98. The number of nitrogens with zero attached hydrogens (tertiary/aromatic N) is 2. The molecule has 29 heavy (non-hydrogen) atoms. The van der Waals surface area contributed by atoms with E-state index in [9.17, 15) is 4.79 Å². The Labute approximate surface area is 171 Å². The molecule has 5 rings (SSSR count). The van der Waals surface area contributed by atoms with Gasteiger partial charge in [-0.1, -0.05) is 38.1 Å². The molecule has 1 aromatic heterocycles. The minimum atomic E-state index is -0.286. The zero-order chi connectivity index (χ0) is 20.2. The van der Waals surface area contributed by atoms with E-state index >= 15 is 0 Å². The second-order valence-corrected chi connectivity index (χ2v) is 8.94. The van der Waals surface area contributed by atoms with Crippen LogP contribution in [0.4, 0.5) is 5.69 Å². The van der Waals surface area contributed by atoms with Crippen molar-refractivity contribution in [2.24, 2.45) is 11.7 Å².